The summed E-state index contributed by atoms with van der Waals surface area (Å²) in [5, 5.41) is 2.96. The molecule has 1 N–H and O–H groups in total. The van der Waals surface area contributed by atoms with Gasteiger partial charge >= 0.3 is 0 Å². The predicted molar refractivity (Wildman–Crippen MR) is 69.5 cm³/mol. The number of amides is 1. The minimum absolute atomic E-state index is 0.0519. The second-order valence-corrected chi connectivity index (χ2v) is 5.63. The molecule has 0 aliphatic heterocycles. The summed E-state index contributed by atoms with van der Waals surface area (Å²) in [6.45, 7) is 1.94. The zero-order valence-electron chi connectivity index (χ0n) is 10.1. The van der Waals surface area contributed by atoms with Crippen LogP contribution in [0.3, 0.4) is 0 Å². The van der Waals surface area contributed by atoms with Crippen molar-refractivity contribution in [2.45, 2.75) is 36.0 Å². The van der Waals surface area contributed by atoms with E-state index in [1.54, 1.807) is 18.9 Å². The Morgan fingerprint density at radius 1 is 1.41 bits per heavy atom. The second-order valence-electron chi connectivity index (χ2n) is 4.22. The van der Waals surface area contributed by atoms with Crippen LogP contribution >= 0.6 is 11.8 Å². The van der Waals surface area contributed by atoms with Gasteiger partial charge in [-0.1, -0.05) is 0 Å². The summed E-state index contributed by atoms with van der Waals surface area (Å²) in [5.74, 6) is 0.970. The number of rotatable bonds is 5. The number of nitrogens with one attached hydrogen (secondary N) is 1. The average Bonchev–Trinajstić information content (AvgIpc) is 3.14. The van der Waals surface area contributed by atoms with Gasteiger partial charge in [0.1, 0.15) is 5.75 Å². The predicted octanol–water partition coefficient (Wildman–Crippen LogP) is 2.45. The fourth-order valence-electron chi connectivity index (χ4n) is 1.46. The Hall–Kier alpha value is -1.16. The van der Waals surface area contributed by atoms with Crippen LogP contribution in [0.15, 0.2) is 29.2 Å². The molecule has 0 bridgehead atoms. The van der Waals surface area contributed by atoms with Crippen molar-refractivity contribution in [3.63, 3.8) is 0 Å². The third-order valence-electron chi connectivity index (χ3n) is 2.67. The molecule has 1 aliphatic carbocycles. The SMILES string of the molecule is COc1ccc(S[C@@H](C)C(=O)NC2CC2)cc1. The number of hydrogen-bond acceptors (Lipinski definition) is 3. The molecular weight excluding hydrogens is 234 g/mol. The van der Waals surface area contributed by atoms with Crippen molar-refractivity contribution >= 4 is 17.7 Å². The summed E-state index contributed by atoms with van der Waals surface area (Å²) in [7, 11) is 1.65. The summed E-state index contributed by atoms with van der Waals surface area (Å²) in [4.78, 5) is 12.9. The molecule has 0 saturated heterocycles. The fraction of sp³-hybridized carbons (Fsp3) is 0.462. The van der Waals surface area contributed by atoms with Gasteiger partial charge in [0.15, 0.2) is 0 Å². The Morgan fingerprint density at radius 2 is 2.06 bits per heavy atom. The molecule has 0 aromatic heterocycles. The minimum atomic E-state index is -0.0519. The summed E-state index contributed by atoms with van der Waals surface area (Å²) >= 11 is 1.57. The second kappa shape index (κ2) is 5.45. The Bertz CT molecular complexity index is 387. The van der Waals surface area contributed by atoms with Crippen molar-refractivity contribution in [1.29, 1.82) is 0 Å². The summed E-state index contributed by atoms with van der Waals surface area (Å²) in [5.41, 5.74) is 0. The number of benzene rings is 1. The molecule has 92 valence electrons. The van der Waals surface area contributed by atoms with E-state index in [0.717, 1.165) is 23.5 Å². The lowest BCUT2D eigenvalue weighted by Crippen LogP contribution is -2.32. The smallest absolute Gasteiger partial charge is 0.233 e. The van der Waals surface area contributed by atoms with Crippen molar-refractivity contribution < 1.29 is 9.53 Å². The lowest BCUT2D eigenvalue weighted by atomic mass is 10.3. The summed E-state index contributed by atoms with van der Waals surface area (Å²) in [6, 6.07) is 8.21. The van der Waals surface area contributed by atoms with Crippen molar-refractivity contribution in [3.05, 3.63) is 24.3 Å². The van der Waals surface area contributed by atoms with Gasteiger partial charge in [0.05, 0.1) is 12.4 Å². The van der Waals surface area contributed by atoms with Crippen molar-refractivity contribution in [2.24, 2.45) is 0 Å². The van der Waals surface area contributed by atoms with Gasteiger partial charge in [-0.2, -0.15) is 0 Å². The molecule has 0 radical (unpaired) electrons. The highest BCUT2D eigenvalue weighted by Gasteiger charge is 2.25. The highest BCUT2D eigenvalue weighted by atomic mass is 32.2. The van der Waals surface area contributed by atoms with Gasteiger partial charge in [-0.3, -0.25) is 4.79 Å². The molecule has 0 unspecified atom stereocenters. The molecule has 0 spiro atoms. The number of hydrogen-bond donors (Lipinski definition) is 1. The number of carbonyl (C=O) groups is 1. The van der Waals surface area contributed by atoms with Crippen LogP contribution in [0.2, 0.25) is 0 Å². The Morgan fingerprint density at radius 3 is 2.59 bits per heavy atom. The highest BCUT2D eigenvalue weighted by molar-refractivity contribution is 8.00. The van der Waals surface area contributed by atoms with Crippen LogP contribution in [0.1, 0.15) is 19.8 Å². The first-order valence-corrected chi connectivity index (χ1v) is 6.68. The average molecular weight is 251 g/mol. The Balaban J connectivity index is 1.87. The van der Waals surface area contributed by atoms with Gasteiger partial charge in [0.2, 0.25) is 5.91 Å². The first-order valence-electron chi connectivity index (χ1n) is 5.80. The molecule has 1 aromatic rings. The molecule has 0 heterocycles. The van der Waals surface area contributed by atoms with E-state index in [4.69, 9.17) is 4.74 Å². The number of thioether (sulfide) groups is 1. The molecule has 4 heteroatoms. The molecule has 1 aromatic carbocycles. The lowest BCUT2D eigenvalue weighted by Gasteiger charge is -2.11. The van der Waals surface area contributed by atoms with E-state index in [0.29, 0.717) is 6.04 Å². The Kier molecular flexibility index (Phi) is 3.94. The van der Waals surface area contributed by atoms with E-state index in [-0.39, 0.29) is 11.2 Å². The van der Waals surface area contributed by atoms with Crippen LogP contribution in [-0.4, -0.2) is 24.3 Å². The zero-order valence-corrected chi connectivity index (χ0v) is 10.9. The zero-order chi connectivity index (χ0) is 12.3. The monoisotopic (exact) mass is 251 g/mol. The van der Waals surface area contributed by atoms with Crippen molar-refractivity contribution in [1.82, 2.24) is 5.32 Å². The van der Waals surface area contributed by atoms with Gasteiger partial charge < -0.3 is 10.1 Å². The van der Waals surface area contributed by atoms with Crippen molar-refractivity contribution in [3.8, 4) is 5.75 Å². The van der Waals surface area contributed by atoms with Crippen LogP contribution < -0.4 is 10.1 Å². The maximum Gasteiger partial charge on any atom is 0.233 e. The lowest BCUT2D eigenvalue weighted by molar-refractivity contribution is -0.120. The first kappa shape index (κ1) is 12.3. The Labute approximate surface area is 106 Å². The van der Waals surface area contributed by atoms with Gasteiger partial charge in [-0.25, -0.2) is 0 Å². The quantitative estimate of drug-likeness (QED) is 0.817. The molecule has 17 heavy (non-hydrogen) atoms. The number of ether oxygens (including phenoxy) is 1. The third kappa shape index (κ3) is 3.66. The molecule has 1 fully saturated rings. The van der Waals surface area contributed by atoms with E-state index < -0.39 is 0 Å². The standard InChI is InChI=1S/C13H17NO2S/c1-9(13(15)14-10-3-4-10)17-12-7-5-11(16-2)6-8-12/h5-10H,3-4H2,1-2H3,(H,14,15)/t9-/m0/s1. The maximum absolute atomic E-state index is 11.8. The van der Waals surface area contributed by atoms with E-state index in [1.807, 2.05) is 31.2 Å². The van der Waals surface area contributed by atoms with E-state index in [2.05, 4.69) is 5.32 Å². The molecule has 2 rings (SSSR count). The normalized spacial score (nSPS) is 16.4. The molecule has 1 saturated carbocycles. The van der Waals surface area contributed by atoms with E-state index in [1.165, 1.54) is 0 Å². The molecular formula is C13H17NO2S. The topological polar surface area (TPSA) is 38.3 Å². The summed E-state index contributed by atoms with van der Waals surface area (Å²) < 4.78 is 5.09. The van der Waals surface area contributed by atoms with Gasteiger partial charge in [-0.05, 0) is 44.0 Å². The third-order valence-corrected chi connectivity index (χ3v) is 3.78. The van der Waals surface area contributed by atoms with Crippen LogP contribution in [-0.2, 0) is 4.79 Å². The molecule has 1 amide bonds. The van der Waals surface area contributed by atoms with Crippen LogP contribution in [0.25, 0.3) is 0 Å². The van der Waals surface area contributed by atoms with Crippen LogP contribution in [0.5, 0.6) is 5.75 Å². The number of carbonyl (C=O) groups excluding carboxylic acids is 1. The van der Waals surface area contributed by atoms with Crippen molar-refractivity contribution in [2.75, 3.05) is 7.11 Å². The number of methoxy groups -OCH3 is 1. The van der Waals surface area contributed by atoms with E-state index >= 15 is 0 Å². The first-order chi connectivity index (χ1) is 8.19. The minimum Gasteiger partial charge on any atom is -0.497 e. The van der Waals surface area contributed by atoms with Gasteiger partial charge in [0.25, 0.3) is 0 Å². The largest absolute Gasteiger partial charge is 0.497 e. The van der Waals surface area contributed by atoms with Gasteiger partial charge in [-0.15, -0.1) is 11.8 Å². The van der Waals surface area contributed by atoms with E-state index in [9.17, 15) is 4.79 Å². The maximum atomic E-state index is 11.8. The van der Waals surface area contributed by atoms with Gasteiger partial charge in [0, 0.05) is 10.9 Å². The molecule has 1 aliphatic rings. The van der Waals surface area contributed by atoms with Crippen LogP contribution in [0.4, 0.5) is 0 Å². The molecule has 3 nitrogen and oxygen atoms in total. The fourth-order valence-corrected chi connectivity index (χ4v) is 2.33. The molecule has 1 atom stereocenters. The highest BCUT2D eigenvalue weighted by Crippen LogP contribution is 2.26. The van der Waals surface area contributed by atoms with Crippen LogP contribution in [0, 0.1) is 0 Å². The summed E-state index contributed by atoms with van der Waals surface area (Å²) in [6.07, 6.45) is 2.26.